The van der Waals surface area contributed by atoms with Crippen molar-refractivity contribution in [3.05, 3.63) is 88.7 Å². The topological polar surface area (TPSA) is 64.1 Å². The van der Waals surface area contributed by atoms with Gasteiger partial charge in [0.1, 0.15) is 5.75 Å². The lowest BCUT2D eigenvalue weighted by atomic mass is 9.99. The van der Waals surface area contributed by atoms with Crippen LogP contribution in [-0.4, -0.2) is 23.0 Å². The minimum atomic E-state index is -0.291. The third kappa shape index (κ3) is 3.73. The van der Waals surface area contributed by atoms with Crippen LogP contribution in [0.15, 0.2) is 67.0 Å². The first-order chi connectivity index (χ1) is 13.6. The van der Waals surface area contributed by atoms with Gasteiger partial charge in [-0.3, -0.25) is 9.78 Å². The molecule has 4 rings (SSSR count). The molecule has 0 spiro atoms. The fourth-order valence-electron chi connectivity index (χ4n) is 3.11. The van der Waals surface area contributed by atoms with Crippen LogP contribution in [0.2, 0.25) is 0 Å². The predicted octanol–water partition coefficient (Wildman–Crippen LogP) is 4.53. The molecule has 0 aliphatic carbocycles. The number of hydrogen-bond acceptors (Lipinski definition) is 5. The summed E-state index contributed by atoms with van der Waals surface area (Å²) in [4.78, 5) is 21.5. The first kappa shape index (κ1) is 18.1. The van der Waals surface area contributed by atoms with Crippen LogP contribution in [0.4, 0.5) is 0 Å². The Kier molecular flexibility index (Phi) is 5.04. The lowest BCUT2D eigenvalue weighted by molar-refractivity contribution is 0.0943. The van der Waals surface area contributed by atoms with Crippen LogP contribution in [0, 0.1) is 6.92 Å². The number of aromatic nitrogens is 2. The molecule has 0 aliphatic rings. The number of nitrogens with one attached hydrogen (secondary N) is 1. The predicted molar refractivity (Wildman–Crippen MR) is 111 cm³/mol. The monoisotopic (exact) mass is 389 g/mol. The molecule has 0 bridgehead atoms. The second-order valence-electron chi connectivity index (χ2n) is 6.38. The minimum Gasteiger partial charge on any atom is -0.497 e. The van der Waals surface area contributed by atoms with E-state index in [9.17, 15) is 4.79 Å². The van der Waals surface area contributed by atoms with Crippen molar-refractivity contribution in [2.45, 2.75) is 13.0 Å². The molecule has 140 valence electrons. The quantitative estimate of drug-likeness (QED) is 0.545. The third-order valence-electron chi connectivity index (χ3n) is 4.52. The molecule has 0 unspecified atom stereocenters. The zero-order chi connectivity index (χ0) is 19.5. The van der Waals surface area contributed by atoms with E-state index in [1.807, 2.05) is 61.5 Å². The highest BCUT2D eigenvalue weighted by Gasteiger charge is 2.18. The Morgan fingerprint density at radius 2 is 1.75 bits per heavy atom. The number of nitrogens with zero attached hydrogens (tertiary/aromatic N) is 2. The molecule has 28 heavy (non-hydrogen) atoms. The number of benzene rings is 2. The number of carbonyl (C=O) groups is 1. The Morgan fingerprint density at radius 3 is 2.46 bits per heavy atom. The van der Waals surface area contributed by atoms with Crippen LogP contribution in [0.3, 0.4) is 0 Å². The SMILES string of the molecule is COc1ccc([C@@H](NC(=O)c2ccc3nc(C)sc3c2)c2ccncc2)cc1. The van der Waals surface area contributed by atoms with Crippen LogP contribution in [0.5, 0.6) is 5.75 Å². The number of rotatable bonds is 5. The summed E-state index contributed by atoms with van der Waals surface area (Å²) in [5, 5.41) is 4.14. The van der Waals surface area contributed by atoms with E-state index in [1.165, 1.54) is 0 Å². The van der Waals surface area contributed by atoms with Crippen LogP contribution in [0.1, 0.15) is 32.5 Å². The molecule has 1 N–H and O–H groups in total. The van der Waals surface area contributed by atoms with E-state index in [1.54, 1.807) is 30.8 Å². The van der Waals surface area contributed by atoms with Gasteiger partial charge in [-0.05, 0) is 60.5 Å². The van der Waals surface area contributed by atoms with Gasteiger partial charge in [-0.15, -0.1) is 11.3 Å². The number of fused-ring (bicyclic) bond motifs is 1. The number of hydrogen-bond donors (Lipinski definition) is 1. The van der Waals surface area contributed by atoms with Gasteiger partial charge >= 0.3 is 0 Å². The summed E-state index contributed by atoms with van der Waals surface area (Å²) in [5.74, 6) is 0.639. The number of methoxy groups -OCH3 is 1. The van der Waals surface area contributed by atoms with Gasteiger partial charge in [0.2, 0.25) is 0 Å². The van der Waals surface area contributed by atoms with E-state index in [2.05, 4.69) is 15.3 Å². The summed E-state index contributed by atoms with van der Waals surface area (Å²) in [7, 11) is 1.63. The Hall–Kier alpha value is -3.25. The van der Waals surface area contributed by atoms with Crippen molar-refractivity contribution < 1.29 is 9.53 Å². The number of thiazole rings is 1. The molecule has 4 aromatic rings. The van der Waals surface area contributed by atoms with Crippen molar-refractivity contribution in [2.24, 2.45) is 0 Å². The van der Waals surface area contributed by atoms with Crippen molar-refractivity contribution in [1.29, 1.82) is 0 Å². The zero-order valence-corrected chi connectivity index (χ0v) is 16.4. The van der Waals surface area contributed by atoms with Gasteiger partial charge in [0.05, 0.1) is 28.4 Å². The molecule has 1 atom stereocenters. The van der Waals surface area contributed by atoms with Crippen molar-refractivity contribution in [1.82, 2.24) is 15.3 Å². The smallest absolute Gasteiger partial charge is 0.252 e. The normalized spacial score (nSPS) is 11.9. The second kappa shape index (κ2) is 7.78. The van der Waals surface area contributed by atoms with Crippen LogP contribution < -0.4 is 10.1 Å². The summed E-state index contributed by atoms with van der Waals surface area (Å²) in [6, 6.07) is 16.8. The maximum atomic E-state index is 13.0. The summed E-state index contributed by atoms with van der Waals surface area (Å²) in [6.45, 7) is 1.97. The van der Waals surface area contributed by atoms with Crippen molar-refractivity contribution >= 4 is 27.5 Å². The molecule has 0 fully saturated rings. The highest BCUT2D eigenvalue weighted by Crippen LogP contribution is 2.26. The number of ether oxygens (including phenoxy) is 1. The molecule has 2 aromatic heterocycles. The molecular weight excluding hydrogens is 370 g/mol. The fraction of sp³-hybridized carbons (Fsp3) is 0.136. The third-order valence-corrected chi connectivity index (χ3v) is 5.46. The van der Waals surface area contributed by atoms with Crippen LogP contribution >= 0.6 is 11.3 Å². The van der Waals surface area contributed by atoms with Gasteiger partial charge in [-0.2, -0.15) is 0 Å². The summed E-state index contributed by atoms with van der Waals surface area (Å²) >= 11 is 1.59. The highest BCUT2D eigenvalue weighted by molar-refractivity contribution is 7.18. The molecule has 2 aromatic carbocycles. The number of amides is 1. The standard InChI is InChI=1S/C22H19N3O2S/c1-14-24-19-8-5-17(13-20(19)28-14)22(26)25-21(16-9-11-23-12-10-16)15-3-6-18(27-2)7-4-15/h3-13,21H,1-2H3,(H,25,26)/t21-/m1/s1. The average Bonchev–Trinajstić information content (AvgIpc) is 3.11. The van der Waals surface area contributed by atoms with Gasteiger partial charge in [-0.1, -0.05) is 12.1 Å². The highest BCUT2D eigenvalue weighted by atomic mass is 32.1. The first-order valence-corrected chi connectivity index (χ1v) is 9.67. The summed E-state index contributed by atoms with van der Waals surface area (Å²) in [6.07, 6.45) is 3.45. The lowest BCUT2D eigenvalue weighted by Crippen LogP contribution is -2.29. The van der Waals surface area contributed by atoms with Gasteiger partial charge in [0.25, 0.3) is 5.91 Å². The van der Waals surface area contributed by atoms with E-state index in [0.717, 1.165) is 32.1 Å². The van der Waals surface area contributed by atoms with Crippen LogP contribution in [0.25, 0.3) is 10.2 Å². The van der Waals surface area contributed by atoms with E-state index >= 15 is 0 Å². The fourth-order valence-corrected chi connectivity index (χ4v) is 3.97. The molecule has 1 amide bonds. The molecule has 5 nitrogen and oxygen atoms in total. The molecule has 0 radical (unpaired) electrons. The Morgan fingerprint density at radius 1 is 1.04 bits per heavy atom. The maximum Gasteiger partial charge on any atom is 0.252 e. The van der Waals surface area contributed by atoms with E-state index in [-0.39, 0.29) is 11.9 Å². The lowest BCUT2D eigenvalue weighted by Gasteiger charge is -2.20. The van der Waals surface area contributed by atoms with Crippen molar-refractivity contribution in [3.63, 3.8) is 0 Å². The van der Waals surface area contributed by atoms with Crippen LogP contribution in [-0.2, 0) is 0 Å². The number of aryl methyl sites for hydroxylation is 1. The molecule has 2 heterocycles. The first-order valence-electron chi connectivity index (χ1n) is 8.86. The van der Waals surface area contributed by atoms with E-state index in [4.69, 9.17) is 4.74 Å². The largest absolute Gasteiger partial charge is 0.497 e. The summed E-state index contributed by atoms with van der Waals surface area (Å²) < 4.78 is 6.26. The number of carbonyl (C=O) groups excluding carboxylic acids is 1. The van der Waals surface area contributed by atoms with Gasteiger partial charge in [0, 0.05) is 18.0 Å². The molecule has 6 heteroatoms. The van der Waals surface area contributed by atoms with Gasteiger partial charge in [-0.25, -0.2) is 4.98 Å². The summed E-state index contributed by atoms with van der Waals surface area (Å²) in [5.41, 5.74) is 3.46. The maximum absolute atomic E-state index is 13.0. The van der Waals surface area contributed by atoms with Crippen molar-refractivity contribution in [3.8, 4) is 5.75 Å². The Bertz CT molecular complexity index is 1110. The van der Waals surface area contributed by atoms with Gasteiger partial charge in [0.15, 0.2) is 0 Å². The second-order valence-corrected chi connectivity index (χ2v) is 7.61. The molecule has 0 aliphatic heterocycles. The number of pyridine rings is 1. The Balaban J connectivity index is 1.66. The van der Waals surface area contributed by atoms with Crippen molar-refractivity contribution in [2.75, 3.05) is 7.11 Å². The molecule has 0 saturated heterocycles. The minimum absolute atomic E-state index is 0.134. The Labute approximate surface area is 167 Å². The van der Waals surface area contributed by atoms with Gasteiger partial charge < -0.3 is 10.1 Å². The zero-order valence-electron chi connectivity index (χ0n) is 15.5. The van der Waals surface area contributed by atoms with E-state index in [0.29, 0.717) is 5.56 Å². The average molecular weight is 389 g/mol. The molecule has 0 saturated carbocycles. The molecular formula is C22H19N3O2S. The van der Waals surface area contributed by atoms with E-state index < -0.39 is 0 Å².